The van der Waals surface area contributed by atoms with E-state index in [9.17, 15) is 9.59 Å². The molecule has 0 aliphatic rings. The van der Waals surface area contributed by atoms with Crippen molar-refractivity contribution in [1.82, 2.24) is 0 Å². The highest BCUT2D eigenvalue weighted by atomic mass is 127. The molecule has 4 heteroatoms. The molecule has 0 saturated heterocycles. The summed E-state index contributed by atoms with van der Waals surface area (Å²) in [6.45, 7) is 0. The lowest BCUT2D eigenvalue weighted by Gasteiger charge is -2.02. The van der Waals surface area contributed by atoms with Gasteiger partial charge in [0, 0.05) is 29.4 Å². The van der Waals surface area contributed by atoms with Crippen LogP contribution in [0.25, 0.3) is 0 Å². The zero-order valence-corrected chi connectivity index (χ0v) is 20.3. The fraction of sp³-hybridized carbons (Fsp3) is 0. The van der Waals surface area contributed by atoms with E-state index in [-0.39, 0.29) is 11.6 Å². The van der Waals surface area contributed by atoms with Crippen LogP contribution in [0.5, 0.6) is 0 Å². The summed E-state index contributed by atoms with van der Waals surface area (Å²) in [7, 11) is 0. The Kier molecular flexibility index (Phi) is 8.33. The SMILES string of the molecule is O=C(c1cccc(I)c1)c1cccc(I)c1.O=C(c1ccccc1)c1ccccc1. The van der Waals surface area contributed by atoms with E-state index in [1.54, 1.807) is 0 Å². The first-order valence-electron chi connectivity index (χ1n) is 9.25. The molecule has 4 aromatic rings. The molecular formula is C26H18I2O2. The topological polar surface area (TPSA) is 34.1 Å². The molecule has 0 N–H and O–H groups in total. The van der Waals surface area contributed by atoms with Crippen LogP contribution in [-0.2, 0) is 0 Å². The largest absolute Gasteiger partial charge is 0.289 e. The molecule has 4 rings (SSSR count). The molecule has 0 bridgehead atoms. The van der Waals surface area contributed by atoms with Crippen molar-refractivity contribution in [2.45, 2.75) is 0 Å². The van der Waals surface area contributed by atoms with Crippen LogP contribution in [0.1, 0.15) is 31.8 Å². The van der Waals surface area contributed by atoms with Gasteiger partial charge in [0.15, 0.2) is 11.6 Å². The van der Waals surface area contributed by atoms with Gasteiger partial charge < -0.3 is 0 Å². The lowest BCUT2D eigenvalue weighted by atomic mass is 10.0. The van der Waals surface area contributed by atoms with E-state index in [1.165, 1.54) is 0 Å². The van der Waals surface area contributed by atoms with Gasteiger partial charge in [-0.05, 0) is 69.4 Å². The minimum Gasteiger partial charge on any atom is -0.289 e. The smallest absolute Gasteiger partial charge is 0.193 e. The van der Waals surface area contributed by atoms with Crippen LogP contribution in [0, 0.1) is 7.14 Å². The zero-order chi connectivity index (χ0) is 21.3. The number of rotatable bonds is 4. The van der Waals surface area contributed by atoms with E-state index in [0.717, 1.165) is 29.4 Å². The molecule has 0 atom stereocenters. The Hall–Kier alpha value is -2.32. The highest BCUT2D eigenvalue weighted by Crippen LogP contribution is 2.15. The maximum Gasteiger partial charge on any atom is 0.193 e. The first-order chi connectivity index (χ1) is 14.5. The van der Waals surface area contributed by atoms with Crippen LogP contribution in [-0.4, -0.2) is 11.6 Å². The van der Waals surface area contributed by atoms with Gasteiger partial charge in [-0.15, -0.1) is 0 Å². The van der Waals surface area contributed by atoms with E-state index in [2.05, 4.69) is 45.2 Å². The molecule has 0 aromatic heterocycles. The molecular weight excluding hydrogens is 598 g/mol. The summed E-state index contributed by atoms with van der Waals surface area (Å²) in [6.07, 6.45) is 0. The second-order valence-corrected chi connectivity index (χ2v) is 8.90. The average molecular weight is 616 g/mol. The van der Waals surface area contributed by atoms with Crippen molar-refractivity contribution in [2.75, 3.05) is 0 Å². The van der Waals surface area contributed by atoms with Gasteiger partial charge in [-0.25, -0.2) is 0 Å². The Morgan fingerprint density at radius 3 is 1.13 bits per heavy atom. The maximum atomic E-state index is 12.1. The number of ketones is 2. The van der Waals surface area contributed by atoms with Crippen molar-refractivity contribution >= 4 is 56.7 Å². The first-order valence-corrected chi connectivity index (χ1v) is 11.4. The third kappa shape index (κ3) is 6.34. The summed E-state index contributed by atoms with van der Waals surface area (Å²) >= 11 is 4.42. The first kappa shape index (κ1) is 22.4. The normalized spacial score (nSPS) is 9.93. The Balaban J connectivity index is 0.000000172. The molecule has 0 aliphatic heterocycles. The quantitative estimate of drug-likeness (QED) is 0.182. The molecule has 0 saturated carbocycles. The van der Waals surface area contributed by atoms with Crippen molar-refractivity contribution < 1.29 is 9.59 Å². The summed E-state index contributed by atoms with van der Waals surface area (Å²) in [5.41, 5.74) is 2.96. The summed E-state index contributed by atoms with van der Waals surface area (Å²) in [5.74, 6) is 0.156. The number of carbonyl (C=O) groups excluding carboxylic acids is 2. The highest BCUT2D eigenvalue weighted by Gasteiger charge is 2.09. The number of halogens is 2. The maximum absolute atomic E-state index is 12.1. The molecule has 0 unspecified atom stereocenters. The number of benzene rings is 4. The monoisotopic (exact) mass is 616 g/mol. The molecule has 4 aromatic carbocycles. The highest BCUT2D eigenvalue weighted by molar-refractivity contribution is 14.1. The molecule has 0 heterocycles. The van der Waals surface area contributed by atoms with Crippen LogP contribution in [0.4, 0.5) is 0 Å². The van der Waals surface area contributed by atoms with Gasteiger partial charge >= 0.3 is 0 Å². The predicted octanol–water partition coefficient (Wildman–Crippen LogP) is 7.04. The van der Waals surface area contributed by atoms with Crippen molar-refractivity contribution in [2.24, 2.45) is 0 Å². The molecule has 0 amide bonds. The standard InChI is InChI=1S/C13H8I2O.C13H10O/c14-11-5-1-3-9(7-11)13(16)10-4-2-6-12(15)8-10;14-13(11-7-3-1-4-8-11)12-9-5-2-6-10-12/h1-8H;1-10H. The third-order valence-electron chi connectivity index (χ3n) is 4.25. The predicted molar refractivity (Wildman–Crippen MR) is 138 cm³/mol. The fourth-order valence-corrected chi connectivity index (χ4v) is 3.86. The Morgan fingerprint density at radius 1 is 0.433 bits per heavy atom. The van der Waals surface area contributed by atoms with Crippen LogP contribution >= 0.6 is 45.2 Å². The minimum absolute atomic E-state index is 0.0752. The Labute approximate surface area is 203 Å². The van der Waals surface area contributed by atoms with Gasteiger partial charge in [-0.3, -0.25) is 9.59 Å². The molecule has 2 nitrogen and oxygen atoms in total. The van der Waals surface area contributed by atoms with Gasteiger partial charge in [0.2, 0.25) is 0 Å². The van der Waals surface area contributed by atoms with Gasteiger partial charge in [-0.2, -0.15) is 0 Å². The summed E-state index contributed by atoms with van der Waals surface area (Å²) in [4.78, 5) is 24.0. The fourth-order valence-electron chi connectivity index (χ4n) is 2.77. The molecule has 30 heavy (non-hydrogen) atoms. The van der Waals surface area contributed by atoms with Crippen molar-refractivity contribution in [1.29, 1.82) is 0 Å². The molecule has 0 radical (unpaired) electrons. The van der Waals surface area contributed by atoms with E-state index in [1.807, 2.05) is 109 Å². The van der Waals surface area contributed by atoms with Crippen molar-refractivity contribution in [3.8, 4) is 0 Å². The number of carbonyl (C=O) groups is 2. The van der Waals surface area contributed by atoms with E-state index in [0.29, 0.717) is 0 Å². The zero-order valence-electron chi connectivity index (χ0n) is 16.0. The third-order valence-corrected chi connectivity index (χ3v) is 5.59. The minimum atomic E-state index is 0.0752. The Morgan fingerprint density at radius 2 is 0.767 bits per heavy atom. The lowest BCUT2D eigenvalue weighted by molar-refractivity contribution is 0.103. The molecule has 0 fully saturated rings. The van der Waals surface area contributed by atoms with Crippen LogP contribution in [0.15, 0.2) is 109 Å². The molecule has 0 aliphatic carbocycles. The van der Waals surface area contributed by atoms with Gasteiger partial charge in [0.05, 0.1) is 0 Å². The van der Waals surface area contributed by atoms with Crippen molar-refractivity contribution in [3.05, 3.63) is 139 Å². The number of hydrogen-bond donors (Lipinski definition) is 0. The average Bonchev–Trinajstić information content (AvgIpc) is 2.80. The summed E-state index contributed by atoms with van der Waals surface area (Å²) in [5, 5.41) is 0. The lowest BCUT2D eigenvalue weighted by Crippen LogP contribution is -2.01. The second kappa shape index (κ2) is 11.2. The van der Waals surface area contributed by atoms with Crippen LogP contribution < -0.4 is 0 Å². The van der Waals surface area contributed by atoms with Crippen molar-refractivity contribution in [3.63, 3.8) is 0 Å². The van der Waals surface area contributed by atoms with E-state index >= 15 is 0 Å². The van der Waals surface area contributed by atoms with Crippen LogP contribution in [0.3, 0.4) is 0 Å². The summed E-state index contributed by atoms with van der Waals surface area (Å²) < 4.78 is 2.16. The number of hydrogen-bond acceptors (Lipinski definition) is 2. The second-order valence-electron chi connectivity index (χ2n) is 6.41. The van der Waals surface area contributed by atoms with E-state index < -0.39 is 0 Å². The molecule has 148 valence electrons. The molecule has 0 spiro atoms. The van der Waals surface area contributed by atoms with Crippen LogP contribution in [0.2, 0.25) is 0 Å². The van der Waals surface area contributed by atoms with E-state index in [4.69, 9.17) is 0 Å². The van der Waals surface area contributed by atoms with Gasteiger partial charge in [0.1, 0.15) is 0 Å². The van der Waals surface area contributed by atoms with Gasteiger partial charge in [0.25, 0.3) is 0 Å². The Bertz CT molecular complexity index is 1050. The van der Waals surface area contributed by atoms with Gasteiger partial charge in [-0.1, -0.05) is 84.9 Å². The summed E-state index contributed by atoms with van der Waals surface area (Å²) in [6, 6.07) is 33.9.